The molecule has 2 aromatic carbocycles. The molecule has 1 aliphatic rings. The van der Waals surface area contributed by atoms with Crippen LogP contribution in [0.1, 0.15) is 50.8 Å². The Kier molecular flexibility index (Phi) is 9.61. The van der Waals surface area contributed by atoms with Crippen molar-refractivity contribution in [3.63, 3.8) is 0 Å². The molecule has 0 radical (unpaired) electrons. The van der Waals surface area contributed by atoms with Crippen LogP contribution >= 0.6 is 23.1 Å². The lowest BCUT2D eigenvalue weighted by Crippen LogP contribution is -2.40. The minimum atomic E-state index is -4.68. The second-order valence-corrected chi connectivity index (χ2v) is 13.1. The van der Waals surface area contributed by atoms with E-state index in [9.17, 15) is 22.8 Å². The van der Waals surface area contributed by atoms with Gasteiger partial charge in [0.15, 0.2) is 15.1 Å². The highest BCUT2D eigenvalue weighted by atomic mass is 32.2. The molecule has 4 heterocycles. The molecular formula is C35H29F3N4O5S2. The lowest BCUT2D eigenvalue weighted by Gasteiger charge is -2.25. The molecule has 3 aromatic heterocycles. The maximum absolute atomic E-state index is 14.0. The fourth-order valence-electron chi connectivity index (χ4n) is 5.15. The predicted octanol–water partition coefficient (Wildman–Crippen LogP) is 6.81. The van der Waals surface area contributed by atoms with E-state index in [4.69, 9.17) is 13.9 Å². The van der Waals surface area contributed by atoms with Crippen molar-refractivity contribution >= 4 is 35.1 Å². The summed E-state index contributed by atoms with van der Waals surface area (Å²) in [4.78, 5) is 40.3. The summed E-state index contributed by atoms with van der Waals surface area (Å²) in [6.45, 7) is 7.54. The third kappa shape index (κ3) is 7.39. The third-order valence-electron chi connectivity index (χ3n) is 7.22. The van der Waals surface area contributed by atoms with Crippen molar-refractivity contribution in [2.45, 2.75) is 56.3 Å². The number of furan rings is 1. The molecule has 49 heavy (non-hydrogen) atoms. The van der Waals surface area contributed by atoms with E-state index >= 15 is 0 Å². The summed E-state index contributed by atoms with van der Waals surface area (Å²) >= 11 is 1.94. The van der Waals surface area contributed by atoms with E-state index in [1.807, 2.05) is 6.92 Å². The van der Waals surface area contributed by atoms with Crippen molar-refractivity contribution in [1.82, 2.24) is 14.5 Å². The average molecular weight is 707 g/mol. The average Bonchev–Trinajstić information content (AvgIpc) is 3.63. The summed E-state index contributed by atoms with van der Waals surface area (Å²) in [7, 11) is 0. The monoisotopic (exact) mass is 706 g/mol. The molecule has 5 aromatic rings. The first-order valence-corrected chi connectivity index (χ1v) is 16.8. The topological polar surface area (TPSA) is 109 Å². The number of alkyl halides is 3. The minimum Gasteiger partial charge on any atom is -0.494 e. The van der Waals surface area contributed by atoms with Crippen LogP contribution in [0.15, 0.2) is 109 Å². The number of allylic oxidation sites excluding steroid dienone is 1. The Balaban J connectivity index is 1.37. The van der Waals surface area contributed by atoms with E-state index in [0.29, 0.717) is 34.0 Å². The van der Waals surface area contributed by atoms with Gasteiger partial charge in [-0.25, -0.2) is 19.8 Å². The summed E-state index contributed by atoms with van der Waals surface area (Å²) in [5, 5.41) is 0.0692. The Morgan fingerprint density at radius 2 is 1.82 bits per heavy atom. The fraction of sp³-hybridized carbons (Fsp3) is 0.229. The van der Waals surface area contributed by atoms with Gasteiger partial charge in [0.1, 0.15) is 17.2 Å². The van der Waals surface area contributed by atoms with E-state index in [1.54, 1.807) is 87.5 Å². The van der Waals surface area contributed by atoms with Crippen molar-refractivity contribution in [2.75, 3.05) is 6.61 Å². The molecule has 0 N–H and O–H groups in total. The van der Waals surface area contributed by atoms with Gasteiger partial charge in [-0.3, -0.25) is 9.36 Å². The van der Waals surface area contributed by atoms with Crippen LogP contribution < -0.4 is 19.6 Å². The SMILES string of the molecule is CCOc1ccc([C@H]2C(C(=O)OC(C)C)=C(C)N=c3s/c(=C\c4ccc(Sc5nc(-c6ccccc6)cc(C(F)(F)F)n5)o4)c(=O)n32)cc1. The number of carbonyl (C=O) groups excluding carboxylic acids is 1. The lowest BCUT2D eigenvalue weighted by molar-refractivity contribution is -0.143. The molecule has 252 valence electrons. The highest BCUT2D eigenvalue weighted by Crippen LogP contribution is 2.35. The van der Waals surface area contributed by atoms with Crippen LogP contribution in [-0.4, -0.2) is 33.2 Å². The molecule has 6 rings (SSSR count). The van der Waals surface area contributed by atoms with Crippen LogP contribution in [0.25, 0.3) is 17.3 Å². The normalized spacial score (nSPS) is 14.9. The van der Waals surface area contributed by atoms with Gasteiger partial charge in [-0.15, -0.1) is 0 Å². The molecule has 0 amide bonds. The van der Waals surface area contributed by atoms with E-state index in [-0.39, 0.29) is 31.8 Å². The second kappa shape index (κ2) is 13.9. The van der Waals surface area contributed by atoms with Crippen molar-refractivity contribution < 1.29 is 31.9 Å². The quantitative estimate of drug-likeness (QED) is 0.122. The van der Waals surface area contributed by atoms with Crippen LogP contribution in [0.4, 0.5) is 13.2 Å². The van der Waals surface area contributed by atoms with E-state index < -0.39 is 35.5 Å². The van der Waals surface area contributed by atoms with Gasteiger partial charge in [0.2, 0.25) is 0 Å². The molecular weight excluding hydrogens is 678 g/mol. The van der Waals surface area contributed by atoms with Crippen LogP contribution in [-0.2, 0) is 15.7 Å². The third-order valence-corrected chi connectivity index (χ3v) is 8.99. The van der Waals surface area contributed by atoms with Gasteiger partial charge in [-0.1, -0.05) is 53.8 Å². The number of halogens is 3. The molecule has 1 atom stereocenters. The Bertz CT molecular complexity index is 2220. The number of hydrogen-bond donors (Lipinski definition) is 0. The lowest BCUT2D eigenvalue weighted by atomic mass is 9.96. The van der Waals surface area contributed by atoms with E-state index in [0.717, 1.165) is 29.2 Å². The molecule has 0 fully saturated rings. The second-order valence-electron chi connectivity index (χ2n) is 11.1. The molecule has 0 aliphatic carbocycles. The maximum atomic E-state index is 14.0. The van der Waals surface area contributed by atoms with Gasteiger partial charge >= 0.3 is 12.1 Å². The molecule has 14 heteroatoms. The van der Waals surface area contributed by atoms with Gasteiger partial charge < -0.3 is 13.9 Å². The highest BCUT2D eigenvalue weighted by molar-refractivity contribution is 7.99. The first kappa shape index (κ1) is 33.9. The molecule has 0 saturated heterocycles. The number of aromatic nitrogens is 3. The van der Waals surface area contributed by atoms with Crippen LogP contribution in [0, 0.1) is 0 Å². The van der Waals surface area contributed by atoms with Crippen LogP contribution in [0.2, 0.25) is 0 Å². The highest BCUT2D eigenvalue weighted by Gasteiger charge is 2.35. The summed E-state index contributed by atoms with van der Waals surface area (Å²) in [6, 6.07) is 18.9. The summed E-state index contributed by atoms with van der Waals surface area (Å²) in [5.74, 6) is 0.337. The molecule has 0 spiro atoms. The Hall–Kier alpha value is -4.95. The van der Waals surface area contributed by atoms with Crippen molar-refractivity contribution in [3.8, 4) is 17.0 Å². The zero-order valence-electron chi connectivity index (χ0n) is 26.6. The predicted molar refractivity (Wildman–Crippen MR) is 178 cm³/mol. The smallest absolute Gasteiger partial charge is 0.433 e. The number of nitrogens with zero attached hydrogens (tertiary/aromatic N) is 4. The summed E-state index contributed by atoms with van der Waals surface area (Å²) < 4.78 is 59.9. The van der Waals surface area contributed by atoms with Crippen LogP contribution in [0.3, 0.4) is 0 Å². The zero-order chi connectivity index (χ0) is 34.9. The molecule has 0 bridgehead atoms. The number of rotatable bonds is 9. The van der Waals surface area contributed by atoms with E-state index in [1.165, 1.54) is 10.6 Å². The largest absolute Gasteiger partial charge is 0.494 e. The van der Waals surface area contributed by atoms with Gasteiger partial charge in [-0.2, -0.15) is 13.2 Å². The Morgan fingerprint density at radius 1 is 1.08 bits per heavy atom. The number of fused-ring (bicyclic) bond motifs is 1. The number of thiazole rings is 1. The van der Waals surface area contributed by atoms with Crippen molar-refractivity contribution in [1.29, 1.82) is 0 Å². The molecule has 0 saturated carbocycles. The molecule has 9 nitrogen and oxygen atoms in total. The molecule has 0 unspecified atom stereocenters. The number of esters is 1. The molecule has 1 aliphatic heterocycles. The number of hydrogen-bond acceptors (Lipinski definition) is 10. The van der Waals surface area contributed by atoms with Crippen molar-refractivity contribution in [2.24, 2.45) is 4.99 Å². The summed E-state index contributed by atoms with van der Waals surface area (Å²) in [5.41, 5.74) is 0.456. The maximum Gasteiger partial charge on any atom is 0.433 e. The van der Waals surface area contributed by atoms with Crippen molar-refractivity contribution in [3.05, 3.63) is 121 Å². The number of benzene rings is 2. The standard InChI is InChI=1S/C35H29F3N4O5S2/c1-5-45-23-13-11-22(12-14-23)30-29(32(44)46-19(2)3)20(4)39-34-42(30)31(43)26(48-34)17-24-15-16-28(47-24)49-33-40-25(21-9-7-6-8-10-21)18-27(41-33)35(36,37)38/h6-19,30H,5H2,1-4H3/b26-17-/t30-/m0/s1. The minimum absolute atomic E-state index is 0.118. The number of carbonyl (C=O) groups is 1. The van der Waals surface area contributed by atoms with Gasteiger partial charge in [0.25, 0.3) is 5.56 Å². The summed E-state index contributed by atoms with van der Waals surface area (Å²) in [6.07, 6.45) is -3.55. The fourth-order valence-corrected chi connectivity index (χ4v) is 6.92. The first-order valence-electron chi connectivity index (χ1n) is 15.2. The van der Waals surface area contributed by atoms with E-state index in [2.05, 4.69) is 15.0 Å². The number of ether oxygens (including phenoxy) is 2. The van der Waals surface area contributed by atoms with Gasteiger partial charge in [-0.05, 0) is 75.4 Å². The first-order chi connectivity index (χ1) is 23.4. The van der Waals surface area contributed by atoms with Crippen LogP contribution in [0.5, 0.6) is 5.75 Å². The Morgan fingerprint density at radius 3 is 2.49 bits per heavy atom. The zero-order valence-corrected chi connectivity index (χ0v) is 28.3. The van der Waals surface area contributed by atoms with Gasteiger partial charge in [0, 0.05) is 11.6 Å². The van der Waals surface area contributed by atoms with Gasteiger partial charge in [0.05, 0.1) is 40.2 Å². The Labute approximate surface area is 286 Å².